The van der Waals surface area contributed by atoms with Gasteiger partial charge in [-0.25, -0.2) is 9.67 Å². The lowest BCUT2D eigenvalue weighted by Gasteiger charge is -2.33. The molecule has 1 aromatic carbocycles. The normalized spacial score (nSPS) is 18.0. The fourth-order valence-electron chi connectivity index (χ4n) is 3.42. The molecule has 2 N–H and O–H groups in total. The van der Waals surface area contributed by atoms with Crippen LogP contribution in [0.25, 0.3) is 0 Å². The highest BCUT2D eigenvalue weighted by Gasteiger charge is 2.26. The Balaban J connectivity index is 1.72. The molecule has 1 aliphatic heterocycles. The van der Waals surface area contributed by atoms with Crippen LogP contribution in [0.2, 0.25) is 0 Å². The maximum absolute atomic E-state index is 12.9. The van der Waals surface area contributed by atoms with Crippen LogP contribution in [0.4, 0.5) is 5.69 Å². The molecule has 0 aliphatic carbocycles. The highest BCUT2D eigenvalue weighted by Crippen LogP contribution is 2.22. The molecule has 1 amide bonds. The number of piperidine rings is 1. The summed E-state index contributed by atoms with van der Waals surface area (Å²) in [4.78, 5) is 19.2. The number of carbonyl (C=O) groups is 1. The molecule has 1 aliphatic rings. The zero-order valence-corrected chi connectivity index (χ0v) is 14.6. The van der Waals surface area contributed by atoms with Crippen molar-refractivity contribution in [3.05, 3.63) is 41.0 Å². The number of nitrogens with zero attached hydrogens (tertiary/aromatic N) is 4. The highest BCUT2D eigenvalue weighted by atomic mass is 16.2. The third-order valence-corrected chi connectivity index (χ3v) is 4.69. The number of nitrogen functional groups attached to an aromatic ring is 1. The lowest BCUT2D eigenvalue weighted by atomic mass is 9.96. The van der Waals surface area contributed by atoms with E-state index < -0.39 is 0 Å². The summed E-state index contributed by atoms with van der Waals surface area (Å²) < 4.78 is 1.96. The highest BCUT2D eigenvalue weighted by molar-refractivity contribution is 5.96. The van der Waals surface area contributed by atoms with E-state index in [0.717, 1.165) is 49.7 Å². The second-order valence-corrected chi connectivity index (χ2v) is 6.72. The number of benzene rings is 1. The molecule has 0 bridgehead atoms. The van der Waals surface area contributed by atoms with Gasteiger partial charge >= 0.3 is 0 Å². The molecule has 1 saturated heterocycles. The number of carbonyl (C=O) groups excluding carboxylic acids is 1. The second-order valence-electron chi connectivity index (χ2n) is 6.72. The number of likely N-dealkylation sites (tertiary alicyclic amines) is 1. The minimum atomic E-state index is 0.0796. The first-order valence-electron chi connectivity index (χ1n) is 8.47. The van der Waals surface area contributed by atoms with E-state index in [1.165, 1.54) is 0 Å². The summed E-state index contributed by atoms with van der Waals surface area (Å²) in [6.45, 7) is 8.21. The van der Waals surface area contributed by atoms with Crippen molar-refractivity contribution in [1.82, 2.24) is 19.7 Å². The molecule has 24 heavy (non-hydrogen) atoms. The van der Waals surface area contributed by atoms with Crippen molar-refractivity contribution in [1.29, 1.82) is 0 Å². The third kappa shape index (κ3) is 3.42. The molecule has 1 aromatic heterocycles. The molecular weight excluding hydrogens is 302 g/mol. The molecule has 1 unspecified atom stereocenters. The lowest BCUT2D eigenvalue weighted by molar-refractivity contribution is 0.0658. The number of anilines is 1. The Labute approximate surface area is 142 Å². The van der Waals surface area contributed by atoms with Gasteiger partial charge in [-0.1, -0.05) is 6.07 Å². The first kappa shape index (κ1) is 16.5. The Bertz CT molecular complexity index is 752. The van der Waals surface area contributed by atoms with Crippen LogP contribution >= 0.6 is 0 Å². The first-order valence-corrected chi connectivity index (χ1v) is 8.47. The van der Waals surface area contributed by atoms with Gasteiger partial charge in [-0.15, -0.1) is 0 Å². The van der Waals surface area contributed by atoms with Crippen LogP contribution < -0.4 is 5.73 Å². The van der Waals surface area contributed by atoms with E-state index in [4.69, 9.17) is 5.73 Å². The summed E-state index contributed by atoms with van der Waals surface area (Å²) in [5.41, 5.74) is 8.17. The average Bonchev–Trinajstić information content (AvgIpc) is 2.87. The predicted octanol–water partition coefficient (Wildman–Crippen LogP) is 2.34. The van der Waals surface area contributed by atoms with Crippen molar-refractivity contribution in [2.75, 3.05) is 18.8 Å². The van der Waals surface area contributed by atoms with E-state index in [2.05, 4.69) is 10.1 Å². The maximum Gasteiger partial charge on any atom is 0.254 e. The molecule has 0 radical (unpaired) electrons. The zero-order valence-electron chi connectivity index (χ0n) is 14.6. The second kappa shape index (κ2) is 6.63. The minimum Gasteiger partial charge on any atom is -0.399 e. The molecule has 2 heterocycles. The van der Waals surface area contributed by atoms with Crippen molar-refractivity contribution in [3.63, 3.8) is 0 Å². The monoisotopic (exact) mass is 327 g/mol. The van der Waals surface area contributed by atoms with Gasteiger partial charge in [0.1, 0.15) is 11.6 Å². The Hall–Kier alpha value is -2.37. The van der Waals surface area contributed by atoms with Crippen LogP contribution in [-0.2, 0) is 6.54 Å². The number of hydrogen-bond acceptors (Lipinski definition) is 4. The number of aromatic nitrogens is 3. The van der Waals surface area contributed by atoms with E-state index in [1.54, 1.807) is 6.07 Å². The summed E-state index contributed by atoms with van der Waals surface area (Å²) in [6, 6.07) is 5.53. The average molecular weight is 327 g/mol. The van der Waals surface area contributed by atoms with Crippen LogP contribution in [-0.4, -0.2) is 38.7 Å². The number of nitrogens with two attached hydrogens (primary N) is 1. The molecule has 0 saturated carbocycles. The van der Waals surface area contributed by atoms with Crippen LogP contribution in [0, 0.1) is 26.7 Å². The van der Waals surface area contributed by atoms with Crippen LogP contribution in [0.1, 0.15) is 40.4 Å². The van der Waals surface area contributed by atoms with Crippen LogP contribution in [0.5, 0.6) is 0 Å². The molecule has 1 atom stereocenters. The summed E-state index contributed by atoms with van der Waals surface area (Å²) >= 11 is 0. The van der Waals surface area contributed by atoms with Gasteiger partial charge in [0.05, 0.1) is 0 Å². The van der Waals surface area contributed by atoms with E-state index >= 15 is 0 Å². The molecule has 6 heteroatoms. The summed E-state index contributed by atoms with van der Waals surface area (Å²) in [5.74, 6) is 2.22. The summed E-state index contributed by atoms with van der Waals surface area (Å²) in [7, 11) is 0. The molecule has 0 spiro atoms. The molecule has 3 rings (SSSR count). The first-order chi connectivity index (χ1) is 11.4. The standard InChI is InChI=1S/C18H25N5O/c1-12-6-7-16(19)9-17(12)18(24)22-8-4-5-15(10-22)11-23-14(3)20-13(2)21-23/h6-7,9,15H,4-5,8,10-11,19H2,1-3H3. The zero-order chi connectivity index (χ0) is 17.3. The summed E-state index contributed by atoms with van der Waals surface area (Å²) in [6.07, 6.45) is 2.13. The van der Waals surface area contributed by atoms with Gasteiger partial charge in [0, 0.05) is 30.9 Å². The van der Waals surface area contributed by atoms with Gasteiger partial charge in [0.2, 0.25) is 0 Å². The van der Waals surface area contributed by atoms with Crippen LogP contribution in [0.3, 0.4) is 0 Å². The third-order valence-electron chi connectivity index (χ3n) is 4.69. The number of hydrogen-bond donors (Lipinski definition) is 1. The SMILES string of the molecule is Cc1nc(C)n(CC2CCCN(C(=O)c3cc(N)ccc3C)C2)n1. The topological polar surface area (TPSA) is 77.0 Å². The van der Waals surface area contributed by atoms with Crippen molar-refractivity contribution in [2.45, 2.75) is 40.2 Å². The molecule has 128 valence electrons. The Kier molecular flexibility index (Phi) is 4.55. The van der Waals surface area contributed by atoms with E-state index in [-0.39, 0.29) is 5.91 Å². The summed E-state index contributed by atoms with van der Waals surface area (Å²) in [5, 5.41) is 4.44. The fourth-order valence-corrected chi connectivity index (χ4v) is 3.42. The van der Waals surface area contributed by atoms with Gasteiger partial charge in [-0.05, 0) is 57.2 Å². The quantitative estimate of drug-likeness (QED) is 0.878. The Morgan fingerprint density at radius 1 is 1.33 bits per heavy atom. The number of aryl methyl sites for hydroxylation is 3. The molecule has 6 nitrogen and oxygen atoms in total. The number of rotatable bonds is 3. The van der Waals surface area contributed by atoms with Gasteiger partial charge in [-0.2, -0.15) is 5.10 Å². The van der Waals surface area contributed by atoms with Gasteiger partial charge in [0.25, 0.3) is 5.91 Å². The largest absolute Gasteiger partial charge is 0.399 e. The fraction of sp³-hybridized carbons (Fsp3) is 0.500. The number of amides is 1. The lowest BCUT2D eigenvalue weighted by Crippen LogP contribution is -2.41. The predicted molar refractivity (Wildman–Crippen MR) is 93.7 cm³/mol. The van der Waals surface area contributed by atoms with E-state index in [1.807, 2.05) is 42.5 Å². The van der Waals surface area contributed by atoms with Crippen molar-refractivity contribution in [3.8, 4) is 0 Å². The smallest absolute Gasteiger partial charge is 0.254 e. The Morgan fingerprint density at radius 3 is 2.83 bits per heavy atom. The van der Waals surface area contributed by atoms with Crippen LogP contribution in [0.15, 0.2) is 18.2 Å². The molecule has 1 fully saturated rings. The Morgan fingerprint density at radius 2 is 2.12 bits per heavy atom. The van der Waals surface area contributed by atoms with E-state index in [9.17, 15) is 4.79 Å². The van der Waals surface area contributed by atoms with Gasteiger partial charge < -0.3 is 10.6 Å². The molecular formula is C18H25N5O. The molecule has 2 aromatic rings. The van der Waals surface area contributed by atoms with Crippen molar-refractivity contribution >= 4 is 11.6 Å². The van der Waals surface area contributed by atoms with Crippen molar-refractivity contribution in [2.24, 2.45) is 5.92 Å². The van der Waals surface area contributed by atoms with E-state index in [0.29, 0.717) is 17.2 Å². The van der Waals surface area contributed by atoms with Gasteiger partial charge in [-0.3, -0.25) is 4.79 Å². The maximum atomic E-state index is 12.9. The van der Waals surface area contributed by atoms with Crippen molar-refractivity contribution < 1.29 is 4.79 Å². The van der Waals surface area contributed by atoms with Gasteiger partial charge in [0.15, 0.2) is 0 Å². The minimum absolute atomic E-state index is 0.0796.